The number of benzene rings is 1. The van der Waals surface area contributed by atoms with Crippen molar-refractivity contribution >= 4 is 28.9 Å². The van der Waals surface area contributed by atoms with Crippen molar-refractivity contribution in [2.45, 2.75) is 31.7 Å². The molecule has 4 aromatic rings. The third-order valence-corrected chi connectivity index (χ3v) is 6.67. The van der Waals surface area contributed by atoms with Crippen molar-refractivity contribution in [2.24, 2.45) is 0 Å². The van der Waals surface area contributed by atoms with Gasteiger partial charge in [0.1, 0.15) is 17.1 Å². The van der Waals surface area contributed by atoms with Crippen LogP contribution in [-0.4, -0.2) is 104 Å². The summed E-state index contributed by atoms with van der Waals surface area (Å²) in [6, 6.07) is 13.7. The first-order valence-corrected chi connectivity index (χ1v) is 13.8. The third kappa shape index (κ3) is 11.0. The van der Waals surface area contributed by atoms with E-state index in [2.05, 4.69) is 25.1 Å². The van der Waals surface area contributed by atoms with Gasteiger partial charge < -0.3 is 29.7 Å². The number of H-pyrrole nitrogens is 2. The van der Waals surface area contributed by atoms with Crippen LogP contribution in [-0.2, 0) is 16.1 Å². The van der Waals surface area contributed by atoms with Gasteiger partial charge in [0.2, 0.25) is 0 Å². The number of carboxylic acid groups (broad SMARTS) is 2. The maximum Gasteiger partial charge on any atom is 0.490 e. The Morgan fingerprint density at radius 1 is 0.979 bits per heavy atom. The van der Waals surface area contributed by atoms with E-state index in [4.69, 9.17) is 24.5 Å². The summed E-state index contributed by atoms with van der Waals surface area (Å²) in [7, 11) is 1.66. The third-order valence-electron chi connectivity index (χ3n) is 6.67. The maximum atomic E-state index is 13.6. The van der Waals surface area contributed by atoms with E-state index in [0.717, 1.165) is 47.6 Å². The quantitative estimate of drug-likeness (QED) is 0.189. The molecule has 3 aromatic heterocycles. The maximum absolute atomic E-state index is 13.6. The van der Waals surface area contributed by atoms with Gasteiger partial charge in [0.05, 0.1) is 19.0 Å². The van der Waals surface area contributed by atoms with Gasteiger partial charge >= 0.3 is 24.3 Å². The highest BCUT2D eigenvalue weighted by atomic mass is 19.4. The van der Waals surface area contributed by atoms with E-state index >= 15 is 0 Å². The predicted molar refractivity (Wildman–Crippen MR) is 154 cm³/mol. The molecule has 1 aliphatic heterocycles. The number of amides is 1. The number of aliphatic carboxylic acids is 2. The SMILES string of the molecule is COc1cccc(CN(CCN2CCCC2)C(=O)c2cc3ccc(-c4cn[nH]c4)nc3[nH]2)c1.O=C(O)C(F)(F)F.O=C(O)C(F)(F)F. The summed E-state index contributed by atoms with van der Waals surface area (Å²) in [4.78, 5) is 43.7. The lowest BCUT2D eigenvalue weighted by atomic mass is 10.2. The van der Waals surface area contributed by atoms with Gasteiger partial charge in [-0.1, -0.05) is 12.1 Å². The fourth-order valence-corrected chi connectivity index (χ4v) is 4.35. The second-order valence-electron chi connectivity index (χ2n) is 10.0. The Morgan fingerprint density at radius 3 is 2.17 bits per heavy atom. The van der Waals surface area contributed by atoms with Crippen molar-refractivity contribution < 1.29 is 55.7 Å². The summed E-state index contributed by atoms with van der Waals surface area (Å²) >= 11 is 0. The van der Waals surface area contributed by atoms with Crippen LogP contribution in [0.15, 0.2) is 54.9 Å². The molecule has 0 saturated carbocycles. The number of halogens is 6. The van der Waals surface area contributed by atoms with Gasteiger partial charge in [-0.3, -0.25) is 9.89 Å². The molecule has 5 rings (SSSR count). The molecule has 1 aliphatic rings. The molecular formula is C29H30F6N6O6. The van der Waals surface area contributed by atoms with Crippen LogP contribution in [0.5, 0.6) is 5.75 Å². The van der Waals surface area contributed by atoms with Crippen LogP contribution in [0.25, 0.3) is 22.3 Å². The van der Waals surface area contributed by atoms with Gasteiger partial charge in [-0.15, -0.1) is 0 Å². The van der Waals surface area contributed by atoms with Crippen LogP contribution < -0.4 is 4.74 Å². The second-order valence-corrected chi connectivity index (χ2v) is 10.0. The number of carbonyl (C=O) groups is 3. The number of aromatic nitrogens is 4. The molecule has 47 heavy (non-hydrogen) atoms. The minimum atomic E-state index is -5.08. The normalized spacial score (nSPS) is 13.3. The average molecular weight is 673 g/mol. The van der Waals surface area contributed by atoms with E-state index in [1.807, 2.05) is 47.4 Å². The lowest BCUT2D eigenvalue weighted by Gasteiger charge is -2.25. The zero-order valence-electron chi connectivity index (χ0n) is 24.7. The van der Waals surface area contributed by atoms with Crippen LogP contribution in [0.2, 0.25) is 0 Å². The molecule has 12 nitrogen and oxygen atoms in total. The summed E-state index contributed by atoms with van der Waals surface area (Å²) < 4.78 is 68.8. The number of ether oxygens (including phenoxy) is 1. The smallest absolute Gasteiger partial charge is 0.490 e. The molecule has 18 heteroatoms. The average Bonchev–Trinajstić information content (AvgIpc) is 3.81. The summed E-state index contributed by atoms with van der Waals surface area (Å²) in [5.41, 5.74) is 3.99. The van der Waals surface area contributed by atoms with Crippen molar-refractivity contribution in [3.63, 3.8) is 0 Å². The summed E-state index contributed by atoms with van der Waals surface area (Å²) in [6.45, 7) is 4.27. The molecule has 1 fully saturated rings. The molecule has 0 atom stereocenters. The largest absolute Gasteiger partial charge is 0.497 e. The Hall–Kier alpha value is -5.13. The first kappa shape index (κ1) is 36.3. The summed E-state index contributed by atoms with van der Waals surface area (Å²) in [5.74, 6) is -4.75. The molecule has 1 saturated heterocycles. The van der Waals surface area contributed by atoms with Gasteiger partial charge in [0, 0.05) is 36.8 Å². The first-order chi connectivity index (χ1) is 22.1. The van der Waals surface area contributed by atoms with E-state index in [0.29, 0.717) is 24.4 Å². The van der Waals surface area contributed by atoms with Crippen molar-refractivity contribution in [1.29, 1.82) is 0 Å². The number of hydrogen-bond donors (Lipinski definition) is 4. The highest BCUT2D eigenvalue weighted by molar-refractivity contribution is 5.97. The topological polar surface area (TPSA) is 165 Å². The number of nitrogens with one attached hydrogen (secondary N) is 2. The molecule has 0 aliphatic carbocycles. The fraction of sp³-hybridized carbons (Fsp3) is 0.345. The van der Waals surface area contributed by atoms with Crippen LogP contribution in [0.3, 0.4) is 0 Å². The number of aromatic amines is 2. The molecule has 4 N–H and O–H groups in total. The lowest BCUT2D eigenvalue weighted by Crippen LogP contribution is -2.37. The van der Waals surface area contributed by atoms with E-state index in [-0.39, 0.29) is 5.91 Å². The van der Waals surface area contributed by atoms with Gasteiger partial charge in [-0.05, 0) is 61.8 Å². The highest BCUT2D eigenvalue weighted by Crippen LogP contribution is 2.22. The fourth-order valence-electron chi connectivity index (χ4n) is 4.35. The monoisotopic (exact) mass is 672 g/mol. The predicted octanol–water partition coefficient (Wildman–Crippen LogP) is 4.97. The molecule has 0 spiro atoms. The van der Waals surface area contributed by atoms with Gasteiger partial charge in [0.25, 0.3) is 5.91 Å². The molecule has 4 heterocycles. The van der Waals surface area contributed by atoms with Crippen molar-refractivity contribution in [1.82, 2.24) is 30.0 Å². The number of likely N-dealkylation sites (tertiary alicyclic amines) is 1. The number of carboxylic acids is 2. The van der Waals surface area contributed by atoms with Gasteiger partial charge in [0.15, 0.2) is 0 Å². The van der Waals surface area contributed by atoms with Crippen LogP contribution in [0.4, 0.5) is 26.3 Å². The van der Waals surface area contributed by atoms with Gasteiger partial charge in [-0.25, -0.2) is 14.6 Å². The van der Waals surface area contributed by atoms with Crippen LogP contribution in [0, 0.1) is 0 Å². The first-order valence-electron chi connectivity index (χ1n) is 13.8. The molecule has 0 unspecified atom stereocenters. The minimum Gasteiger partial charge on any atom is -0.497 e. The summed E-state index contributed by atoms with van der Waals surface area (Å²) in [5, 5.41) is 22.0. The standard InChI is InChI=1S/C25H28N6O2.2C2HF3O2/c1-33-21-6-4-5-18(13-21)17-31(12-11-30-9-2-3-10-30)25(32)23-14-19-7-8-22(28-24(19)29-23)20-15-26-27-16-20;2*3-2(4,5)1(6)7/h4-8,13-16H,2-3,9-12,17H2,1H3,(H,26,27)(H,28,29);2*(H,6,7). The van der Waals surface area contributed by atoms with E-state index in [1.165, 1.54) is 12.8 Å². The Labute approximate surface area is 263 Å². The molecule has 0 radical (unpaired) electrons. The minimum absolute atomic E-state index is 0.0279. The number of methoxy groups -OCH3 is 1. The zero-order chi connectivity index (χ0) is 34.8. The molecule has 0 bridgehead atoms. The number of carbonyl (C=O) groups excluding carboxylic acids is 1. The van der Waals surface area contributed by atoms with Crippen LogP contribution in [0.1, 0.15) is 28.9 Å². The van der Waals surface area contributed by atoms with E-state index in [1.54, 1.807) is 19.5 Å². The number of fused-ring (bicyclic) bond motifs is 1. The second kappa shape index (κ2) is 15.9. The highest BCUT2D eigenvalue weighted by Gasteiger charge is 2.38. The number of nitrogens with zero attached hydrogens (tertiary/aromatic N) is 4. The Balaban J connectivity index is 0.000000360. The number of rotatable bonds is 8. The molecular weight excluding hydrogens is 642 g/mol. The van der Waals surface area contributed by atoms with Crippen molar-refractivity contribution in [3.8, 4) is 17.0 Å². The number of alkyl halides is 6. The van der Waals surface area contributed by atoms with E-state index < -0.39 is 24.3 Å². The Morgan fingerprint density at radius 2 is 1.62 bits per heavy atom. The van der Waals surface area contributed by atoms with Crippen LogP contribution >= 0.6 is 0 Å². The molecule has 1 aromatic carbocycles. The van der Waals surface area contributed by atoms with Gasteiger partial charge in [-0.2, -0.15) is 31.4 Å². The Kier molecular flexibility index (Phi) is 12.3. The zero-order valence-corrected chi connectivity index (χ0v) is 24.7. The van der Waals surface area contributed by atoms with Crippen molar-refractivity contribution in [3.05, 3.63) is 66.1 Å². The number of hydrogen-bond acceptors (Lipinski definition) is 7. The Bertz CT molecular complexity index is 1610. The van der Waals surface area contributed by atoms with Crippen molar-refractivity contribution in [2.75, 3.05) is 33.3 Å². The molecule has 1 amide bonds. The number of pyridine rings is 1. The lowest BCUT2D eigenvalue weighted by molar-refractivity contribution is -0.193. The summed E-state index contributed by atoms with van der Waals surface area (Å²) in [6.07, 6.45) is -4.16. The molecule has 254 valence electrons. The van der Waals surface area contributed by atoms with E-state index in [9.17, 15) is 31.1 Å².